The van der Waals surface area contributed by atoms with Crippen LogP contribution in [0.5, 0.6) is 0 Å². The second-order valence-corrected chi connectivity index (χ2v) is 4.57. The minimum Gasteiger partial charge on any atom is -0.377 e. The topological polar surface area (TPSA) is 24.9 Å². The van der Waals surface area contributed by atoms with Crippen LogP contribution >= 0.6 is 0 Å². The van der Waals surface area contributed by atoms with Gasteiger partial charge in [-0.15, -0.1) is 0 Å². The van der Waals surface area contributed by atoms with Crippen molar-refractivity contribution in [3.05, 3.63) is 59.2 Å². The summed E-state index contributed by atoms with van der Waals surface area (Å²) in [5, 5.41) is 2.36. The van der Waals surface area contributed by atoms with Crippen LogP contribution in [0.1, 0.15) is 12.5 Å². The highest BCUT2D eigenvalue weighted by atomic mass is 19.2. The summed E-state index contributed by atoms with van der Waals surface area (Å²) in [6, 6.07) is 4.96. The molecule has 2 aromatic rings. The summed E-state index contributed by atoms with van der Waals surface area (Å²) < 4.78 is 65.6. The fraction of sp³-hybridized carbons (Fsp3) is 0.214. The van der Waals surface area contributed by atoms with Crippen LogP contribution in [0.3, 0.4) is 0 Å². The Morgan fingerprint density at radius 1 is 0.952 bits per heavy atom. The normalized spacial score (nSPS) is 12.3. The van der Waals surface area contributed by atoms with Crippen molar-refractivity contribution >= 4 is 5.69 Å². The summed E-state index contributed by atoms with van der Waals surface area (Å²) in [7, 11) is 0. The van der Waals surface area contributed by atoms with Gasteiger partial charge in [-0.1, -0.05) is 12.1 Å². The minimum atomic E-state index is -1.72. The van der Waals surface area contributed by atoms with Gasteiger partial charge in [0.15, 0.2) is 0 Å². The van der Waals surface area contributed by atoms with Gasteiger partial charge in [0.25, 0.3) is 11.9 Å². The number of halogens is 5. The number of nitrogens with one attached hydrogen (secondary N) is 1. The molecule has 2 nitrogen and oxygen atoms in total. The summed E-state index contributed by atoms with van der Waals surface area (Å²) in [4.78, 5) is 2.47. The average Bonchev–Trinajstić information content (AvgIpc) is 2.44. The molecule has 1 aromatic heterocycles. The fourth-order valence-corrected chi connectivity index (χ4v) is 1.89. The molecular weight excluding hydrogens is 291 g/mol. The van der Waals surface area contributed by atoms with E-state index in [2.05, 4.69) is 10.3 Å². The number of nitrogens with zero attached hydrogens (tertiary/aromatic N) is 1. The third kappa shape index (κ3) is 3.48. The Balaban J connectivity index is 2.16. The third-order valence-electron chi connectivity index (χ3n) is 2.84. The van der Waals surface area contributed by atoms with Crippen LogP contribution in [0.4, 0.5) is 27.6 Å². The van der Waals surface area contributed by atoms with E-state index < -0.39 is 41.1 Å². The SMILES string of the molecule is CC(Cc1ccc(F)cc1)Nc1c(F)c(F)nc(F)c1F. The highest BCUT2D eigenvalue weighted by Gasteiger charge is 2.21. The molecule has 0 radical (unpaired) electrons. The molecule has 0 spiro atoms. The Labute approximate surface area is 117 Å². The molecule has 1 atom stereocenters. The second kappa shape index (κ2) is 6.07. The first-order valence-electron chi connectivity index (χ1n) is 6.09. The summed E-state index contributed by atoms with van der Waals surface area (Å²) in [6.07, 6.45) is 0.282. The van der Waals surface area contributed by atoms with Crippen LogP contribution in [-0.2, 0) is 6.42 Å². The Morgan fingerprint density at radius 2 is 1.48 bits per heavy atom. The van der Waals surface area contributed by atoms with E-state index in [-0.39, 0.29) is 6.42 Å². The second-order valence-electron chi connectivity index (χ2n) is 4.57. The first kappa shape index (κ1) is 15.2. The number of hydrogen-bond donors (Lipinski definition) is 1. The highest BCUT2D eigenvalue weighted by molar-refractivity contribution is 5.46. The van der Waals surface area contributed by atoms with Gasteiger partial charge in [-0.3, -0.25) is 0 Å². The molecular formula is C14H11F5N2. The van der Waals surface area contributed by atoms with Crippen molar-refractivity contribution in [1.29, 1.82) is 0 Å². The van der Waals surface area contributed by atoms with E-state index in [4.69, 9.17) is 0 Å². The molecule has 0 fully saturated rings. The van der Waals surface area contributed by atoms with Crippen LogP contribution in [0.25, 0.3) is 0 Å². The molecule has 2 rings (SSSR count). The molecule has 1 heterocycles. The molecule has 0 aliphatic rings. The van der Waals surface area contributed by atoms with Gasteiger partial charge in [0.2, 0.25) is 11.6 Å². The molecule has 1 unspecified atom stereocenters. The number of anilines is 1. The Morgan fingerprint density at radius 3 is 2.00 bits per heavy atom. The largest absolute Gasteiger partial charge is 0.377 e. The number of pyridine rings is 1. The quantitative estimate of drug-likeness (QED) is 0.686. The van der Waals surface area contributed by atoms with Gasteiger partial charge >= 0.3 is 0 Å². The van der Waals surface area contributed by atoms with Crippen molar-refractivity contribution < 1.29 is 22.0 Å². The predicted octanol–water partition coefficient (Wildman–Crippen LogP) is 3.82. The summed E-state index contributed by atoms with van der Waals surface area (Å²) in [6.45, 7) is 1.57. The van der Waals surface area contributed by atoms with Gasteiger partial charge in [0.1, 0.15) is 11.5 Å². The zero-order valence-corrected chi connectivity index (χ0v) is 10.9. The fourth-order valence-electron chi connectivity index (χ4n) is 1.89. The Kier molecular flexibility index (Phi) is 4.40. The van der Waals surface area contributed by atoms with Crippen molar-refractivity contribution in [3.8, 4) is 0 Å². The van der Waals surface area contributed by atoms with E-state index >= 15 is 0 Å². The predicted molar refractivity (Wildman–Crippen MR) is 67.3 cm³/mol. The van der Waals surface area contributed by atoms with Crippen molar-refractivity contribution in [2.75, 3.05) is 5.32 Å². The van der Waals surface area contributed by atoms with E-state index in [0.717, 1.165) is 0 Å². The maximum atomic E-state index is 13.4. The zero-order chi connectivity index (χ0) is 15.6. The van der Waals surface area contributed by atoms with Gasteiger partial charge in [-0.25, -0.2) is 4.39 Å². The van der Waals surface area contributed by atoms with Crippen molar-refractivity contribution in [1.82, 2.24) is 4.98 Å². The Bertz CT molecular complexity index is 617. The third-order valence-corrected chi connectivity index (χ3v) is 2.84. The molecule has 1 aromatic carbocycles. The van der Waals surface area contributed by atoms with Crippen molar-refractivity contribution in [2.45, 2.75) is 19.4 Å². The lowest BCUT2D eigenvalue weighted by Crippen LogP contribution is -2.21. The lowest BCUT2D eigenvalue weighted by atomic mass is 10.1. The van der Waals surface area contributed by atoms with E-state index in [9.17, 15) is 22.0 Å². The van der Waals surface area contributed by atoms with E-state index in [1.807, 2.05) is 0 Å². The monoisotopic (exact) mass is 302 g/mol. The molecule has 0 bridgehead atoms. The molecule has 0 aliphatic heterocycles. The number of aromatic nitrogens is 1. The molecule has 0 amide bonds. The molecule has 0 saturated carbocycles. The first-order valence-corrected chi connectivity index (χ1v) is 6.09. The maximum absolute atomic E-state index is 13.4. The van der Waals surface area contributed by atoms with E-state index in [1.54, 1.807) is 6.92 Å². The smallest absolute Gasteiger partial charge is 0.253 e. The number of hydrogen-bond acceptors (Lipinski definition) is 2. The number of benzene rings is 1. The summed E-state index contributed by atoms with van der Waals surface area (Å²) in [5.41, 5.74) is -0.207. The average molecular weight is 302 g/mol. The molecule has 7 heteroatoms. The molecule has 21 heavy (non-hydrogen) atoms. The number of rotatable bonds is 4. The van der Waals surface area contributed by atoms with Crippen LogP contribution in [0.15, 0.2) is 24.3 Å². The summed E-state index contributed by atoms with van der Waals surface area (Å²) in [5.74, 6) is -7.01. The van der Waals surface area contributed by atoms with E-state index in [0.29, 0.717) is 5.56 Å². The van der Waals surface area contributed by atoms with Crippen molar-refractivity contribution in [2.24, 2.45) is 0 Å². The zero-order valence-electron chi connectivity index (χ0n) is 10.9. The standard InChI is InChI=1S/C14H11F5N2/c1-7(6-8-2-4-9(15)5-3-8)20-12-10(16)13(18)21-14(19)11(12)17/h2-5,7H,6H2,1H3,(H,20,21). The van der Waals surface area contributed by atoms with Crippen LogP contribution in [0, 0.1) is 29.3 Å². The molecule has 112 valence electrons. The molecule has 1 N–H and O–H groups in total. The molecule has 0 saturated heterocycles. The summed E-state index contributed by atoms with van der Waals surface area (Å²) >= 11 is 0. The maximum Gasteiger partial charge on any atom is 0.253 e. The highest BCUT2D eigenvalue weighted by Crippen LogP contribution is 2.23. The van der Waals surface area contributed by atoms with E-state index in [1.165, 1.54) is 24.3 Å². The van der Waals surface area contributed by atoms with Gasteiger partial charge in [-0.2, -0.15) is 22.5 Å². The van der Waals surface area contributed by atoms with Gasteiger partial charge < -0.3 is 5.32 Å². The van der Waals surface area contributed by atoms with Crippen LogP contribution in [0.2, 0.25) is 0 Å². The Hall–Kier alpha value is -2.18. The minimum absolute atomic E-state index is 0.282. The van der Waals surface area contributed by atoms with Crippen LogP contribution in [-0.4, -0.2) is 11.0 Å². The van der Waals surface area contributed by atoms with Gasteiger partial charge in [0.05, 0.1) is 0 Å². The van der Waals surface area contributed by atoms with Gasteiger partial charge in [-0.05, 0) is 31.0 Å². The van der Waals surface area contributed by atoms with Crippen molar-refractivity contribution in [3.63, 3.8) is 0 Å². The van der Waals surface area contributed by atoms with Gasteiger partial charge in [0, 0.05) is 6.04 Å². The molecule has 0 aliphatic carbocycles. The van der Waals surface area contributed by atoms with Crippen LogP contribution < -0.4 is 5.32 Å². The first-order chi connectivity index (χ1) is 9.88. The lowest BCUT2D eigenvalue weighted by Gasteiger charge is -2.16. The lowest BCUT2D eigenvalue weighted by molar-refractivity contribution is 0.409.